The molecule has 3 N–H and O–H groups in total. The molecule has 0 fully saturated rings. The molecular formula is C9H12N4O. The van der Waals surface area contributed by atoms with Crippen molar-refractivity contribution in [3.8, 4) is 0 Å². The third-order valence-corrected chi connectivity index (χ3v) is 2.24. The third kappa shape index (κ3) is 1.61. The molecule has 2 amide bonds. The van der Waals surface area contributed by atoms with Gasteiger partial charge in [-0.3, -0.25) is 0 Å². The van der Waals surface area contributed by atoms with Crippen LogP contribution in [-0.2, 0) is 6.54 Å². The Hall–Kier alpha value is -1.78. The summed E-state index contributed by atoms with van der Waals surface area (Å²) < 4.78 is 2.12. The minimum Gasteiger partial charge on any atom is -0.350 e. The number of hydrazone groups is 1. The standard InChI is InChI=1S/C9H12N4O/c10-9(14)12-11-7-3-1-5-13-6-2-4-8(7)13/h2,4,6H,1,3,5H2,(H3,10,12,14)/b11-7-. The summed E-state index contributed by atoms with van der Waals surface area (Å²) in [6.07, 6.45) is 3.93. The molecule has 5 nitrogen and oxygen atoms in total. The molecule has 0 saturated carbocycles. The molecule has 2 heterocycles. The second-order valence-electron chi connectivity index (χ2n) is 3.22. The van der Waals surface area contributed by atoms with E-state index in [1.54, 1.807) is 0 Å². The Kier molecular flexibility index (Phi) is 2.22. The number of urea groups is 1. The first-order valence-corrected chi connectivity index (χ1v) is 4.55. The number of nitrogens with zero attached hydrogens (tertiary/aromatic N) is 2. The first kappa shape index (κ1) is 8.80. The molecule has 0 aromatic carbocycles. The number of carbonyl (C=O) groups excluding carboxylic acids is 1. The van der Waals surface area contributed by atoms with E-state index in [1.807, 2.05) is 18.3 Å². The lowest BCUT2D eigenvalue weighted by Crippen LogP contribution is -2.27. The van der Waals surface area contributed by atoms with Gasteiger partial charge in [-0.1, -0.05) is 0 Å². The number of nitrogens with one attached hydrogen (secondary N) is 1. The van der Waals surface area contributed by atoms with Crippen LogP contribution in [0.3, 0.4) is 0 Å². The second-order valence-corrected chi connectivity index (χ2v) is 3.22. The highest BCUT2D eigenvalue weighted by molar-refractivity contribution is 6.00. The average Bonchev–Trinajstić information content (AvgIpc) is 2.62. The Labute approximate surface area is 81.6 Å². The minimum atomic E-state index is -0.624. The van der Waals surface area contributed by atoms with Crippen molar-refractivity contribution in [3.63, 3.8) is 0 Å². The van der Waals surface area contributed by atoms with Gasteiger partial charge in [-0.05, 0) is 25.0 Å². The molecule has 2 rings (SSSR count). The fourth-order valence-electron chi connectivity index (χ4n) is 1.65. The molecule has 5 heteroatoms. The normalized spacial score (nSPS) is 17.9. The molecule has 0 radical (unpaired) electrons. The van der Waals surface area contributed by atoms with Gasteiger partial charge in [0.25, 0.3) is 0 Å². The van der Waals surface area contributed by atoms with Gasteiger partial charge in [0.15, 0.2) is 0 Å². The maximum absolute atomic E-state index is 10.5. The zero-order valence-corrected chi connectivity index (χ0v) is 7.73. The zero-order valence-electron chi connectivity index (χ0n) is 7.73. The van der Waals surface area contributed by atoms with Gasteiger partial charge < -0.3 is 10.3 Å². The topological polar surface area (TPSA) is 72.4 Å². The monoisotopic (exact) mass is 192 g/mol. The van der Waals surface area contributed by atoms with E-state index in [9.17, 15) is 4.79 Å². The lowest BCUT2D eigenvalue weighted by Gasteiger charge is -2.16. The number of rotatable bonds is 1. The number of aromatic nitrogens is 1. The van der Waals surface area contributed by atoms with E-state index < -0.39 is 6.03 Å². The van der Waals surface area contributed by atoms with Crippen LogP contribution in [0.5, 0.6) is 0 Å². The molecule has 14 heavy (non-hydrogen) atoms. The first-order valence-electron chi connectivity index (χ1n) is 4.55. The van der Waals surface area contributed by atoms with E-state index in [4.69, 9.17) is 5.73 Å². The molecule has 0 aliphatic carbocycles. The van der Waals surface area contributed by atoms with E-state index in [0.717, 1.165) is 30.8 Å². The fraction of sp³-hybridized carbons (Fsp3) is 0.333. The van der Waals surface area contributed by atoms with Crippen LogP contribution in [0.2, 0.25) is 0 Å². The minimum absolute atomic E-state index is 0.624. The molecule has 0 unspecified atom stereocenters. The van der Waals surface area contributed by atoms with Gasteiger partial charge in [-0.25, -0.2) is 10.2 Å². The van der Waals surface area contributed by atoms with Gasteiger partial charge in [0.2, 0.25) is 0 Å². The third-order valence-electron chi connectivity index (χ3n) is 2.24. The molecule has 1 aliphatic heterocycles. The summed E-state index contributed by atoms with van der Waals surface area (Å²) in [5.74, 6) is 0. The molecule has 0 atom stereocenters. The van der Waals surface area contributed by atoms with Gasteiger partial charge in [0, 0.05) is 12.7 Å². The number of fused-ring (bicyclic) bond motifs is 1. The van der Waals surface area contributed by atoms with Gasteiger partial charge in [-0.15, -0.1) is 0 Å². The Morgan fingerprint density at radius 3 is 3.29 bits per heavy atom. The molecule has 0 spiro atoms. The zero-order chi connectivity index (χ0) is 9.97. The summed E-state index contributed by atoms with van der Waals surface area (Å²) in [5.41, 5.74) is 9.15. The maximum Gasteiger partial charge on any atom is 0.332 e. The van der Waals surface area contributed by atoms with E-state index in [-0.39, 0.29) is 0 Å². The average molecular weight is 192 g/mol. The van der Waals surface area contributed by atoms with Crippen molar-refractivity contribution in [2.45, 2.75) is 19.4 Å². The summed E-state index contributed by atoms with van der Waals surface area (Å²) in [7, 11) is 0. The number of hydrogen-bond acceptors (Lipinski definition) is 2. The van der Waals surface area contributed by atoms with Crippen LogP contribution in [0.15, 0.2) is 23.4 Å². The van der Waals surface area contributed by atoms with Gasteiger partial charge in [0.05, 0.1) is 11.4 Å². The number of primary amides is 1. The Bertz CT molecular complexity index is 380. The van der Waals surface area contributed by atoms with Crippen LogP contribution < -0.4 is 11.2 Å². The highest BCUT2D eigenvalue weighted by Crippen LogP contribution is 2.15. The van der Waals surface area contributed by atoms with Crippen LogP contribution in [0.4, 0.5) is 4.79 Å². The fourth-order valence-corrected chi connectivity index (χ4v) is 1.65. The Morgan fingerprint density at radius 2 is 2.50 bits per heavy atom. The van der Waals surface area contributed by atoms with E-state index in [1.165, 1.54) is 0 Å². The number of nitrogens with two attached hydrogens (primary N) is 1. The first-order chi connectivity index (χ1) is 6.77. The van der Waals surface area contributed by atoms with Gasteiger partial charge >= 0.3 is 6.03 Å². The smallest absolute Gasteiger partial charge is 0.332 e. The number of hydrogen-bond donors (Lipinski definition) is 2. The largest absolute Gasteiger partial charge is 0.350 e. The Balaban J connectivity index is 2.23. The van der Waals surface area contributed by atoms with Crippen molar-refractivity contribution in [2.24, 2.45) is 10.8 Å². The van der Waals surface area contributed by atoms with Crippen molar-refractivity contribution < 1.29 is 4.79 Å². The SMILES string of the molecule is NC(=O)N/N=C1/CCCn2cccc21. The number of carbonyl (C=O) groups is 1. The van der Waals surface area contributed by atoms with Crippen LogP contribution in [0, 0.1) is 0 Å². The van der Waals surface area contributed by atoms with Crippen molar-refractivity contribution >= 4 is 11.7 Å². The quantitative estimate of drug-likeness (QED) is 0.630. The predicted octanol–water partition coefficient (Wildman–Crippen LogP) is 0.654. The van der Waals surface area contributed by atoms with E-state index in [0.29, 0.717) is 0 Å². The van der Waals surface area contributed by atoms with E-state index in [2.05, 4.69) is 15.1 Å². The van der Waals surface area contributed by atoms with Crippen LogP contribution in [0.1, 0.15) is 18.5 Å². The van der Waals surface area contributed by atoms with Crippen LogP contribution in [-0.4, -0.2) is 16.3 Å². The molecule has 0 bridgehead atoms. The van der Waals surface area contributed by atoms with E-state index >= 15 is 0 Å². The summed E-state index contributed by atoms with van der Waals surface area (Å²) in [6, 6.07) is 3.34. The van der Waals surface area contributed by atoms with Crippen molar-refractivity contribution in [3.05, 3.63) is 24.0 Å². The predicted molar refractivity (Wildman–Crippen MR) is 52.9 cm³/mol. The lowest BCUT2D eigenvalue weighted by atomic mass is 10.1. The van der Waals surface area contributed by atoms with Gasteiger partial charge in [-0.2, -0.15) is 5.10 Å². The van der Waals surface area contributed by atoms with Gasteiger partial charge in [0.1, 0.15) is 0 Å². The highest BCUT2D eigenvalue weighted by atomic mass is 16.2. The van der Waals surface area contributed by atoms with Crippen LogP contribution >= 0.6 is 0 Å². The van der Waals surface area contributed by atoms with Crippen LogP contribution in [0.25, 0.3) is 0 Å². The molecule has 74 valence electrons. The maximum atomic E-state index is 10.5. The Morgan fingerprint density at radius 1 is 1.64 bits per heavy atom. The molecule has 1 aromatic heterocycles. The summed E-state index contributed by atoms with van der Waals surface area (Å²) in [4.78, 5) is 10.5. The molecular weight excluding hydrogens is 180 g/mol. The number of amides is 2. The molecule has 0 saturated heterocycles. The summed E-state index contributed by atoms with van der Waals surface area (Å²) in [6.45, 7) is 1.01. The number of aryl methyl sites for hydroxylation is 1. The van der Waals surface area contributed by atoms with Crippen molar-refractivity contribution in [1.29, 1.82) is 0 Å². The molecule has 1 aromatic rings. The summed E-state index contributed by atoms with van der Waals surface area (Å²) in [5, 5.41) is 3.97. The summed E-state index contributed by atoms with van der Waals surface area (Å²) >= 11 is 0. The molecule has 1 aliphatic rings. The van der Waals surface area contributed by atoms with Crippen molar-refractivity contribution in [1.82, 2.24) is 9.99 Å². The lowest BCUT2D eigenvalue weighted by molar-refractivity contribution is 0.249. The van der Waals surface area contributed by atoms with Crippen molar-refractivity contribution in [2.75, 3.05) is 0 Å². The highest BCUT2D eigenvalue weighted by Gasteiger charge is 2.14. The second kappa shape index (κ2) is 3.53.